The summed E-state index contributed by atoms with van der Waals surface area (Å²) in [5.74, 6) is -2.00. The van der Waals surface area contributed by atoms with Gasteiger partial charge in [-0.05, 0) is 49.7 Å². The molecule has 1 saturated heterocycles. The van der Waals surface area contributed by atoms with Crippen molar-refractivity contribution in [3.05, 3.63) is 41.7 Å². The van der Waals surface area contributed by atoms with E-state index in [1.807, 2.05) is 6.08 Å². The molecule has 1 saturated carbocycles. The standard InChI is InChI=1S/C24H32FNO5/c1-4-9-24(5-2,6-3)14-31-21-12-19(25)18(11-17(21)15-7-8-15)22(28)26-13-16(27)10-20(26)23(29)30/h4,11-12,15-16,20,27H,1,5-10,13-14H2,2-3H3,(H,29,30)/t16-,20-/m0/s1. The molecule has 2 N–H and O–H groups in total. The molecule has 1 amide bonds. The van der Waals surface area contributed by atoms with Crippen LogP contribution in [0.5, 0.6) is 5.75 Å². The summed E-state index contributed by atoms with van der Waals surface area (Å²) >= 11 is 0. The van der Waals surface area contributed by atoms with Crippen molar-refractivity contribution >= 4 is 11.9 Å². The fraction of sp³-hybridized carbons (Fsp3) is 0.583. The van der Waals surface area contributed by atoms with Crippen LogP contribution in [0.1, 0.15) is 74.2 Å². The first-order valence-corrected chi connectivity index (χ1v) is 11.0. The van der Waals surface area contributed by atoms with Crippen molar-refractivity contribution < 1.29 is 28.9 Å². The normalized spacial score (nSPS) is 21.2. The van der Waals surface area contributed by atoms with E-state index in [0.29, 0.717) is 12.4 Å². The van der Waals surface area contributed by atoms with Crippen LogP contribution in [-0.4, -0.2) is 52.3 Å². The maximum atomic E-state index is 15.0. The molecule has 31 heavy (non-hydrogen) atoms. The van der Waals surface area contributed by atoms with Crippen LogP contribution >= 0.6 is 0 Å². The molecule has 1 aliphatic heterocycles. The molecule has 6 nitrogen and oxygen atoms in total. The third-order valence-electron chi connectivity index (χ3n) is 6.78. The number of hydrogen-bond donors (Lipinski definition) is 2. The summed E-state index contributed by atoms with van der Waals surface area (Å²) in [4.78, 5) is 25.5. The van der Waals surface area contributed by atoms with Crippen molar-refractivity contribution in [3.63, 3.8) is 0 Å². The van der Waals surface area contributed by atoms with Crippen LogP contribution in [0.15, 0.2) is 24.8 Å². The van der Waals surface area contributed by atoms with Crippen LogP contribution in [0.3, 0.4) is 0 Å². The molecule has 1 aliphatic carbocycles. The highest BCUT2D eigenvalue weighted by atomic mass is 19.1. The van der Waals surface area contributed by atoms with Crippen molar-refractivity contribution in [1.29, 1.82) is 0 Å². The predicted octanol–water partition coefficient (Wildman–Crippen LogP) is 4.12. The Hall–Kier alpha value is -2.41. The van der Waals surface area contributed by atoms with E-state index in [-0.39, 0.29) is 29.9 Å². The summed E-state index contributed by atoms with van der Waals surface area (Å²) in [6.07, 6.45) is 5.38. The number of carbonyl (C=O) groups is 2. The molecule has 2 fully saturated rings. The lowest BCUT2D eigenvalue weighted by atomic mass is 9.80. The molecule has 1 aromatic rings. The average Bonchev–Trinajstić information content (AvgIpc) is 3.51. The summed E-state index contributed by atoms with van der Waals surface area (Å²) in [5.41, 5.74) is 0.544. The van der Waals surface area contributed by atoms with Crippen LogP contribution < -0.4 is 4.74 Å². The lowest BCUT2D eigenvalue weighted by Crippen LogP contribution is -2.41. The van der Waals surface area contributed by atoms with Gasteiger partial charge in [0.05, 0.1) is 18.3 Å². The van der Waals surface area contributed by atoms with Crippen molar-refractivity contribution in [2.24, 2.45) is 5.41 Å². The molecule has 0 aromatic heterocycles. The van der Waals surface area contributed by atoms with Crippen molar-refractivity contribution in [3.8, 4) is 5.75 Å². The Kier molecular flexibility index (Phi) is 7.04. The molecule has 2 atom stereocenters. The molecule has 3 rings (SSSR count). The maximum Gasteiger partial charge on any atom is 0.326 e. The minimum atomic E-state index is -1.20. The molecule has 0 bridgehead atoms. The Morgan fingerprint density at radius 1 is 1.32 bits per heavy atom. The van der Waals surface area contributed by atoms with Crippen LogP contribution in [0.2, 0.25) is 0 Å². The quantitative estimate of drug-likeness (QED) is 0.542. The summed E-state index contributed by atoms with van der Waals surface area (Å²) in [7, 11) is 0. The Morgan fingerprint density at radius 3 is 2.55 bits per heavy atom. The number of amides is 1. The van der Waals surface area contributed by atoms with Gasteiger partial charge < -0.3 is 19.8 Å². The van der Waals surface area contributed by atoms with E-state index in [1.54, 1.807) is 0 Å². The van der Waals surface area contributed by atoms with Gasteiger partial charge in [-0.3, -0.25) is 4.79 Å². The highest BCUT2D eigenvalue weighted by molar-refractivity contribution is 5.97. The first-order chi connectivity index (χ1) is 14.7. The Balaban J connectivity index is 1.88. The monoisotopic (exact) mass is 433 g/mol. The van der Waals surface area contributed by atoms with Crippen molar-refractivity contribution in [2.75, 3.05) is 13.2 Å². The third-order valence-corrected chi connectivity index (χ3v) is 6.78. The maximum absolute atomic E-state index is 15.0. The lowest BCUT2D eigenvalue weighted by Gasteiger charge is -2.31. The SMILES string of the molecule is C=CCC(CC)(CC)COc1cc(F)c(C(=O)N2C[C@@H](O)C[C@H]2C(=O)O)cc1C1CC1. The second-order valence-corrected chi connectivity index (χ2v) is 8.83. The average molecular weight is 434 g/mol. The number of ether oxygens (including phenoxy) is 1. The molecule has 1 heterocycles. The first-order valence-electron chi connectivity index (χ1n) is 11.0. The van der Waals surface area contributed by atoms with E-state index < -0.39 is 29.8 Å². The number of carboxylic acids is 1. The van der Waals surface area contributed by atoms with E-state index >= 15 is 4.39 Å². The minimum Gasteiger partial charge on any atom is -0.493 e. The first kappa shape index (κ1) is 23.3. The number of carbonyl (C=O) groups excluding carboxylic acids is 1. The van der Waals surface area contributed by atoms with Gasteiger partial charge in [0.2, 0.25) is 0 Å². The summed E-state index contributed by atoms with van der Waals surface area (Å²) in [6.45, 7) is 8.35. The van der Waals surface area contributed by atoms with Crippen LogP contribution in [0.25, 0.3) is 0 Å². The van der Waals surface area contributed by atoms with Gasteiger partial charge in [-0.1, -0.05) is 19.9 Å². The topological polar surface area (TPSA) is 87.1 Å². The number of hydrogen-bond acceptors (Lipinski definition) is 4. The largest absolute Gasteiger partial charge is 0.493 e. The van der Waals surface area contributed by atoms with Gasteiger partial charge in [0.25, 0.3) is 5.91 Å². The fourth-order valence-electron chi connectivity index (χ4n) is 4.34. The highest BCUT2D eigenvalue weighted by Crippen LogP contribution is 2.46. The van der Waals surface area contributed by atoms with Crippen molar-refractivity contribution in [1.82, 2.24) is 4.90 Å². The molecule has 0 radical (unpaired) electrons. The van der Waals surface area contributed by atoms with Gasteiger partial charge in [0.15, 0.2) is 0 Å². The summed E-state index contributed by atoms with van der Waals surface area (Å²) in [6, 6.07) is 1.62. The van der Waals surface area contributed by atoms with Gasteiger partial charge >= 0.3 is 5.97 Å². The number of nitrogens with zero attached hydrogens (tertiary/aromatic N) is 1. The molecule has 7 heteroatoms. The Labute approximate surface area is 182 Å². The van der Waals surface area contributed by atoms with Gasteiger partial charge in [-0.2, -0.15) is 0 Å². The zero-order valence-electron chi connectivity index (χ0n) is 18.3. The molecule has 0 unspecified atom stereocenters. The van der Waals surface area contributed by atoms with Gasteiger partial charge in [0.1, 0.15) is 17.6 Å². The van der Waals surface area contributed by atoms with E-state index in [2.05, 4.69) is 20.4 Å². The minimum absolute atomic E-state index is 0.0568. The highest BCUT2D eigenvalue weighted by Gasteiger charge is 2.40. The number of aliphatic hydroxyl groups is 1. The second kappa shape index (κ2) is 9.39. The number of rotatable bonds is 10. The van der Waals surface area contributed by atoms with Gasteiger partial charge in [0, 0.05) is 24.4 Å². The molecular weight excluding hydrogens is 401 g/mol. The smallest absolute Gasteiger partial charge is 0.326 e. The van der Waals surface area contributed by atoms with E-state index in [9.17, 15) is 19.8 Å². The number of benzene rings is 1. The number of aliphatic hydroxyl groups excluding tert-OH is 1. The van der Waals surface area contributed by atoms with E-state index in [0.717, 1.165) is 42.6 Å². The number of likely N-dealkylation sites (tertiary alicyclic amines) is 1. The van der Waals surface area contributed by atoms with Crippen LogP contribution in [-0.2, 0) is 4.79 Å². The van der Waals surface area contributed by atoms with Gasteiger partial charge in [-0.25, -0.2) is 9.18 Å². The van der Waals surface area contributed by atoms with E-state index in [4.69, 9.17) is 4.74 Å². The zero-order valence-corrected chi connectivity index (χ0v) is 18.3. The predicted molar refractivity (Wildman–Crippen MR) is 115 cm³/mol. The van der Waals surface area contributed by atoms with Crippen molar-refractivity contribution in [2.45, 2.75) is 70.4 Å². The zero-order chi connectivity index (χ0) is 22.8. The Morgan fingerprint density at radius 2 is 2.00 bits per heavy atom. The molecule has 170 valence electrons. The summed E-state index contributed by atoms with van der Waals surface area (Å²) < 4.78 is 21.1. The lowest BCUT2D eigenvalue weighted by molar-refractivity contribution is -0.141. The molecule has 1 aromatic carbocycles. The number of aliphatic carboxylic acids is 1. The second-order valence-electron chi connectivity index (χ2n) is 8.83. The van der Waals surface area contributed by atoms with Crippen LogP contribution in [0, 0.1) is 11.2 Å². The molecular formula is C24H32FNO5. The Bertz CT molecular complexity index is 847. The number of allylic oxidation sites excluding steroid dienone is 1. The molecule has 2 aliphatic rings. The van der Waals surface area contributed by atoms with Crippen LogP contribution in [0.4, 0.5) is 4.39 Å². The van der Waals surface area contributed by atoms with Gasteiger partial charge in [-0.15, -0.1) is 6.58 Å². The fourth-order valence-corrected chi connectivity index (χ4v) is 4.34. The number of carboxylic acid groups (broad SMARTS) is 1. The molecule has 0 spiro atoms. The van der Waals surface area contributed by atoms with E-state index in [1.165, 1.54) is 12.1 Å². The summed E-state index contributed by atoms with van der Waals surface area (Å²) in [5, 5.41) is 19.2. The number of halogens is 1. The third kappa shape index (κ3) is 4.92. The number of β-amino-alcohol motifs (C(OH)–C–C–N with tert-alkyl or cyclic N) is 1.